The van der Waals surface area contributed by atoms with Gasteiger partial charge in [-0.3, -0.25) is 4.99 Å². The fourth-order valence-electron chi connectivity index (χ4n) is 3.58. The number of hydrogen-bond donors (Lipinski definition) is 3. The molecule has 1 aliphatic rings. The highest BCUT2D eigenvalue weighted by atomic mass is 127. The lowest BCUT2D eigenvalue weighted by atomic mass is 9.98. The van der Waals surface area contributed by atoms with Crippen molar-refractivity contribution >= 4 is 29.9 Å². The Kier molecular flexibility index (Phi) is 10.9. The molecule has 0 amide bonds. The monoisotopic (exact) mass is 524 g/mol. The Morgan fingerprint density at radius 2 is 1.90 bits per heavy atom. The van der Waals surface area contributed by atoms with Crippen LogP contribution in [0.5, 0.6) is 5.88 Å². The minimum absolute atomic E-state index is 0. The van der Waals surface area contributed by atoms with Gasteiger partial charge in [0.1, 0.15) is 6.10 Å². The number of nitrogens with zero attached hydrogens (tertiary/aromatic N) is 2. The second-order valence-electron chi connectivity index (χ2n) is 7.48. The zero-order chi connectivity index (χ0) is 20.3. The van der Waals surface area contributed by atoms with Gasteiger partial charge in [0.15, 0.2) is 5.96 Å². The summed E-state index contributed by atoms with van der Waals surface area (Å²) in [5, 5.41) is 16.3. The van der Waals surface area contributed by atoms with Gasteiger partial charge in [0.2, 0.25) is 5.88 Å². The fourth-order valence-corrected chi connectivity index (χ4v) is 3.58. The summed E-state index contributed by atoms with van der Waals surface area (Å²) in [6.45, 7) is 1.30. The summed E-state index contributed by atoms with van der Waals surface area (Å²) in [4.78, 5) is 8.71. The van der Waals surface area contributed by atoms with Crippen LogP contribution in [0.1, 0.15) is 49.1 Å². The summed E-state index contributed by atoms with van der Waals surface area (Å²) in [5.74, 6) is 1.42. The zero-order valence-electron chi connectivity index (χ0n) is 17.6. The summed E-state index contributed by atoms with van der Waals surface area (Å²) in [7, 11) is 1.74. The SMILES string of the molecule is CN=C(NCc1ccc(OC2CCCCC2)nc1)NCC(CO)c1ccccc1.I. The van der Waals surface area contributed by atoms with E-state index in [-0.39, 0.29) is 36.5 Å². The summed E-state index contributed by atoms with van der Waals surface area (Å²) in [6, 6.07) is 14.0. The maximum Gasteiger partial charge on any atom is 0.213 e. The van der Waals surface area contributed by atoms with E-state index in [1.165, 1.54) is 19.3 Å². The van der Waals surface area contributed by atoms with Crippen molar-refractivity contribution in [3.8, 4) is 5.88 Å². The van der Waals surface area contributed by atoms with Gasteiger partial charge in [-0.2, -0.15) is 0 Å². The molecule has 30 heavy (non-hydrogen) atoms. The maximum absolute atomic E-state index is 9.70. The lowest BCUT2D eigenvalue weighted by Gasteiger charge is -2.22. The largest absolute Gasteiger partial charge is 0.474 e. The van der Waals surface area contributed by atoms with E-state index in [1.54, 1.807) is 7.05 Å². The standard InChI is InChI=1S/C23H32N4O2.HI/c1-24-23(27-16-20(17-28)19-8-4-2-5-9-19)26-15-18-12-13-22(25-14-18)29-21-10-6-3-7-11-21;/h2,4-5,8-9,12-14,20-21,28H,3,6-7,10-11,15-17H2,1H3,(H2,24,26,27);1H. The molecule has 0 aliphatic heterocycles. The maximum atomic E-state index is 9.70. The first-order valence-corrected chi connectivity index (χ1v) is 10.5. The Balaban J connectivity index is 0.00000320. The minimum atomic E-state index is 0. The number of nitrogens with one attached hydrogen (secondary N) is 2. The molecule has 1 heterocycles. The van der Waals surface area contributed by atoms with Crippen molar-refractivity contribution in [2.24, 2.45) is 4.99 Å². The van der Waals surface area contributed by atoms with E-state index in [2.05, 4.69) is 20.6 Å². The van der Waals surface area contributed by atoms with Crippen LogP contribution in [-0.4, -0.2) is 42.4 Å². The highest BCUT2D eigenvalue weighted by molar-refractivity contribution is 14.0. The Morgan fingerprint density at radius 1 is 1.13 bits per heavy atom. The predicted octanol–water partition coefficient (Wildman–Crippen LogP) is 3.85. The van der Waals surface area contributed by atoms with E-state index >= 15 is 0 Å². The van der Waals surface area contributed by atoms with E-state index in [0.717, 1.165) is 24.0 Å². The van der Waals surface area contributed by atoms with Crippen molar-refractivity contribution in [1.82, 2.24) is 15.6 Å². The summed E-state index contributed by atoms with van der Waals surface area (Å²) < 4.78 is 5.99. The second kappa shape index (κ2) is 13.4. The number of aliphatic imine (C=N–C) groups is 1. The van der Waals surface area contributed by atoms with Crippen molar-refractivity contribution < 1.29 is 9.84 Å². The third kappa shape index (κ3) is 7.75. The van der Waals surface area contributed by atoms with Gasteiger partial charge in [-0.05, 0) is 36.8 Å². The molecule has 1 aromatic carbocycles. The summed E-state index contributed by atoms with van der Waals surface area (Å²) in [5.41, 5.74) is 2.17. The van der Waals surface area contributed by atoms with Crippen LogP contribution in [0.4, 0.5) is 0 Å². The van der Waals surface area contributed by atoms with Crippen LogP contribution in [0.2, 0.25) is 0 Å². The topological polar surface area (TPSA) is 78.8 Å². The molecule has 0 saturated heterocycles. The molecule has 1 fully saturated rings. The molecule has 1 atom stereocenters. The van der Waals surface area contributed by atoms with Gasteiger partial charge in [-0.1, -0.05) is 42.8 Å². The van der Waals surface area contributed by atoms with Gasteiger partial charge in [0, 0.05) is 38.3 Å². The van der Waals surface area contributed by atoms with E-state index in [0.29, 0.717) is 31.0 Å². The average Bonchev–Trinajstić information content (AvgIpc) is 2.78. The number of aromatic nitrogens is 1. The van der Waals surface area contributed by atoms with Crippen molar-refractivity contribution in [2.45, 2.75) is 50.7 Å². The van der Waals surface area contributed by atoms with Crippen molar-refractivity contribution in [3.63, 3.8) is 0 Å². The third-order valence-corrected chi connectivity index (χ3v) is 5.33. The number of hydrogen-bond acceptors (Lipinski definition) is 4. The lowest BCUT2D eigenvalue weighted by Crippen LogP contribution is -2.39. The Hall–Kier alpha value is -1.87. The Morgan fingerprint density at radius 3 is 2.53 bits per heavy atom. The van der Waals surface area contributed by atoms with E-state index in [9.17, 15) is 5.11 Å². The molecule has 1 unspecified atom stereocenters. The molecule has 0 radical (unpaired) electrons. The van der Waals surface area contributed by atoms with Crippen LogP contribution in [0.3, 0.4) is 0 Å². The Labute approximate surface area is 196 Å². The number of aliphatic hydroxyl groups is 1. The van der Waals surface area contributed by atoms with Gasteiger partial charge in [-0.25, -0.2) is 4.98 Å². The van der Waals surface area contributed by atoms with Crippen LogP contribution in [-0.2, 0) is 6.54 Å². The van der Waals surface area contributed by atoms with Gasteiger partial charge >= 0.3 is 0 Å². The molecule has 0 spiro atoms. The first kappa shape index (κ1) is 24.4. The number of aliphatic hydroxyl groups excluding tert-OH is 1. The predicted molar refractivity (Wildman–Crippen MR) is 132 cm³/mol. The number of pyridine rings is 1. The summed E-state index contributed by atoms with van der Waals surface area (Å²) in [6.07, 6.45) is 8.24. The quantitative estimate of drug-likeness (QED) is 0.278. The molecule has 0 bridgehead atoms. The van der Waals surface area contributed by atoms with Crippen LogP contribution in [0.25, 0.3) is 0 Å². The number of ether oxygens (including phenoxy) is 1. The number of halogens is 1. The second-order valence-corrected chi connectivity index (χ2v) is 7.48. The fraction of sp³-hybridized carbons (Fsp3) is 0.478. The van der Waals surface area contributed by atoms with E-state index in [4.69, 9.17) is 4.74 Å². The van der Waals surface area contributed by atoms with Gasteiger partial charge in [-0.15, -0.1) is 24.0 Å². The molecular formula is C23H33IN4O2. The van der Waals surface area contributed by atoms with Crippen LogP contribution in [0.15, 0.2) is 53.7 Å². The molecule has 1 aliphatic carbocycles. The molecule has 6 nitrogen and oxygen atoms in total. The smallest absolute Gasteiger partial charge is 0.213 e. The van der Waals surface area contributed by atoms with Crippen molar-refractivity contribution in [3.05, 3.63) is 59.8 Å². The number of rotatable bonds is 8. The number of guanidine groups is 1. The minimum Gasteiger partial charge on any atom is -0.474 e. The molecule has 2 aromatic rings. The molecule has 1 saturated carbocycles. The van der Waals surface area contributed by atoms with Crippen LogP contribution < -0.4 is 15.4 Å². The van der Waals surface area contributed by atoms with Gasteiger partial charge in [0.25, 0.3) is 0 Å². The normalized spacial score (nSPS) is 15.7. The Bertz CT molecular complexity index is 750. The number of benzene rings is 1. The van der Waals surface area contributed by atoms with Crippen LogP contribution >= 0.6 is 24.0 Å². The molecule has 3 rings (SSSR count). The van der Waals surface area contributed by atoms with Gasteiger partial charge in [0.05, 0.1) is 6.61 Å². The molecule has 3 N–H and O–H groups in total. The van der Waals surface area contributed by atoms with Crippen molar-refractivity contribution in [2.75, 3.05) is 20.2 Å². The van der Waals surface area contributed by atoms with E-state index in [1.807, 2.05) is 48.7 Å². The first-order chi connectivity index (χ1) is 14.3. The van der Waals surface area contributed by atoms with E-state index < -0.39 is 0 Å². The molecular weight excluding hydrogens is 491 g/mol. The molecule has 164 valence electrons. The molecule has 7 heteroatoms. The highest BCUT2D eigenvalue weighted by Gasteiger charge is 2.15. The average molecular weight is 524 g/mol. The third-order valence-electron chi connectivity index (χ3n) is 5.33. The first-order valence-electron chi connectivity index (χ1n) is 10.5. The highest BCUT2D eigenvalue weighted by Crippen LogP contribution is 2.22. The van der Waals surface area contributed by atoms with Gasteiger partial charge < -0.3 is 20.5 Å². The van der Waals surface area contributed by atoms with Crippen LogP contribution in [0, 0.1) is 0 Å². The van der Waals surface area contributed by atoms with Crippen molar-refractivity contribution in [1.29, 1.82) is 0 Å². The lowest BCUT2D eigenvalue weighted by molar-refractivity contribution is 0.148. The molecule has 1 aromatic heterocycles. The summed E-state index contributed by atoms with van der Waals surface area (Å²) >= 11 is 0. The zero-order valence-corrected chi connectivity index (χ0v) is 19.9.